The molecule has 2 rings (SSSR count). The van der Waals surface area contributed by atoms with E-state index in [0.717, 1.165) is 6.42 Å². The molecule has 1 N–H and O–H groups in total. The second-order valence-corrected chi connectivity index (χ2v) is 4.86. The van der Waals surface area contributed by atoms with Crippen molar-refractivity contribution in [1.29, 1.82) is 0 Å². The lowest BCUT2D eigenvalue weighted by Crippen LogP contribution is -2.12. The van der Waals surface area contributed by atoms with Crippen LogP contribution in [0, 0.1) is 22.0 Å². The van der Waals surface area contributed by atoms with Crippen molar-refractivity contribution in [2.24, 2.45) is 0 Å². The van der Waals surface area contributed by atoms with Crippen LogP contribution in [0.3, 0.4) is 0 Å². The fourth-order valence-electron chi connectivity index (χ4n) is 1.92. The molecule has 2 aromatic carbocycles. The number of unbranched alkanes of at least 4 members (excludes halogenated alkanes) is 1. The van der Waals surface area contributed by atoms with Crippen molar-refractivity contribution >= 4 is 17.3 Å². The minimum Gasteiger partial charge on any atom is -0.321 e. The minimum absolute atomic E-state index is 0.0523. The molecule has 5 heteroatoms. The second kappa shape index (κ2) is 7.76. The zero-order valence-corrected chi connectivity index (χ0v) is 12.7. The fraction of sp³-hybridized carbons (Fsp3) is 0.167. The van der Waals surface area contributed by atoms with Crippen molar-refractivity contribution in [2.45, 2.75) is 19.8 Å². The number of amides is 1. The van der Waals surface area contributed by atoms with Crippen LogP contribution in [0.15, 0.2) is 48.5 Å². The van der Waals surface area contributed by atoms with Crippen molar-refractivity contribution in [3.8, 4) is 11.8 Å². The molecule has 0 atom stereocenters. The van der Waals surface area contributed by atoms with Crippen LogP contribution >= 0.6 is 0 Å². The van der Waals surface area contributed by atoms with Crippen LogP contribution in [0.4, 0.5) is 11.4 Å². The summed E-state index contributed by atoms with van der Waals surface area (Å²) in [6.45, 7) is 2.00. The van der Waals surface area contributed by atoms with Gasteiger partial charge in [-0.05, 0) is 24.6 Å². The largest absolute Gasteiger partial charge is 0.321 e. The van der Waals surface area contributed by atoms with E-state index in [-0.39, 0.29) is 11.6 Å². The molecule has 5 nitrogen and oxygen atoms in total. The third-order valence-electron chi connectivity index (χ3n) is 3.10. The summed E-state index contributed by atoms with van der Waals surface area (Å²) in [7, 11) is 0. The molecular weight excluding hydrogens is 292 g/mol. The normalized spacial score (nSPS) is 9.61. The van der Waals surface area contributed by atoms with Gasteiger partial charge < -0.3 is 5.32 Å². The highest BCUT2D eigenvalue weighted by Crippen LogP contribution is 2.22. The number of rotatable bonds is 4. The zero-order valence-electron chi connectivity index (χ0n) is 12.7. The van der Waals surface area contributed by atoms with Gasteiger partial charge in [-0.2, -0.15) is 0 Å². The first-order chi connectivity index (χ1) is 11.1. The van der Waals surface area contributed by atoms with E-state index < -0.39 is 4.92 Å². The third-order valence-corrected chi connectivity index (χ3v) is 3.10. The first kappa shape index (κ1) is 16.2. The van der Waals surface area contributed by atoms with Gasteiger partial charge in [-0.3, -0.25) is 14.9 Å². The lowest BCUT2D eigenvalue weighted by molar-refractivity contribution is -0.384. The highest BCUT2D eigenvalue weighted by atomic mass is 16.6. The van der Waals surface area contributed by atoms with Gasteiger partial charge in [0.1, 0.15) is 0 Å². The SMILES string of the molecule is CCCC#Cc1cc([N+](=O)[O-])ccc1NC(=O)c1ccccc1. The van der Waals surface area contributed by atoms with Gasteiger partial charge in [0.15, 0.2) is 0 Å². The van der Waals surface area contributed by atoms with Crippen molar-refractivity contribution in [2.75, 3.05) is 5.32 Å². The van der Waals surface area contributed by atoms with E-state index >= 15 is 0 Å². The van der Waals surface area contributed by atoms with Crippen LogP contribution in [0.5, 0.6) is 0 Å². The second-order valence-electron chi connectivity index (χ2n) is 4.86. The summed E-state index contributed by atoms with van der Waals surface area (Å²) in [6.07, 6.45) is 1.59. The standard InChI is InChI=1S/C18H16N2O3/c1-2-3-5-10-15-13-16(20(22)23)11-12-17(15)19-18(21)14-8-6-4-7-9-14/h4,6-9,11-13H,2-3H2,1H3,(H,19,21). The monoisotopic (exact) mass is 308 g/mol. The molecule has 116 valence electrons. The molecule has 0 heterocycles. The summed E-state index contributed by atoms with van der Waals surface area (Å²) in [5, 5.41) is 13.7. The molecule has 0 unspecified atom stereocenters. The number of carbonyl (C=O) groups excluding carboxylic acids is 1. The van der Waals surface area contributed by atoms with Crippen LogP contribution in [0.25, 0.3) is 0 Å². The minimum atomic E-state index is -0.478. The average molecular weight is 308 g/mol. The number of carbonyl (C=O) groups is 1. The Bertz CT molecular complexity index is 774. The maximum atomic E-state index is 12.2. The molecule has 0 aliphatic carbocycles. The van der Waals surface area contributed by atoms with Gasteiger partial charge in [0.2, 0.25) is 0 Å². The molecule has 0 bridgehead atoms. The van der Waals surface area contributed by atoms with Crippen molar-refractivity contribution in [3.05, 3.63) is 69.8 Å². The van der Waals surface area contributed by atoms with Gasteiger partial charge in [-0.25, -0.2) is 0 Å². The third kappa shape index (κ3) is 4.42. The summed E-state index contributed by atoms with van der Waals surface area (Å²) in [5.74, 6) is 5.56. The molecule has 0 aliphatic rings. The number of hydrogen-bond acceptors (Lipinski definition) is 3. The first-order valence-corrected chi connectivity index (χ1v) is 7.25. The molecule has 0 aliphatic heterocycles. The van der Waals surface area contributed by atoms with E-state index in [1.807, 2.05) is 13.0 Å². The smallest absolute Gasteiger partial charge is 0.270 e. The number of anilines is 1. The van der Waals surface area contributed by atoms with E-state index in [2.05, 4.69) is 17.2 Å². The highest BCUT2D eigenvalue weighted by molar-refractivity contribution is 6.05. The number of nitro groups is 1. The Morgan fingerprint density at radius 1 is 1.22 bits per heavy atom. The van der Waals surface area contributed by atoms with Gasteiger partial charge in [0.05, 0.1) is 16.2 Å². The van der Waals surface area contributed by atoms with Crippen LogP contribution in [0.1, 0.15) is 35.7 Å². The predicted molar refractivity (Wildman–Crippen MR) is 89.3 cm³/mol. The summed E-state index contributed by atoms with van der Waals surface area (Å²) >= 11 is 0. The number of nitro benzene ring substituents is 1. The summed E-state index contributed by atoms with van der Waals surface area (Å²) in [5.41, 5.74) is 1.37. The van der Waals surface area contributed by atoms with E-state index in [1.54, 1.807) is 24.3 Å². The molecule has 0 saturated carbocycles. The van der Waals surface area contributed by atoms with Gasteiger partial charge in [0, 0.05) is 24.1 Å². The number of benzene rings is 2. The van der Waals surface area contributed by atoms with Crippen LogP contribution in [-0.2, 0) is 0 Å². The molecule has 0 aromatic heterocycles. The fourth-order valence-corrected chi connectivity index (χ4v) is 1.92. The Morgan fingerprint density at radius 2 is 1.96 bits per heavy atom. The van der Waals surface area contributed by atoms with E-state index in [9.17, 15) is 14.9 Å². The number of nitrogens with one attached hydrogen (secondary N) is 1. The maximum absolute atomic E-state index is 12.2. The Morgan fingerprint density at radius 3 is 2.61 bits per heavy atom. The number of nitrogens with zero attached hydrogens (tertiary/aromatic N) is 1. The van der Waals surface area contributed by atoms with E-state index in [0.29, 0.717) is 23.2 Å². The average Bonchev–Trinajstić information content (AvgIpc) is 2.57. The van der Waals surface area contributed by atoms with Gasteiger partial charge in [-0.1, -0.05) is 37.0 Å². The molecular formula is C18H16N2O3. The van der Waals surface area contributed by atoms with Crippen molar-refractivity contribution in [1.82, 2.24) is 0 Å². The Kier molecular flexibility index (Phi) is 5.48. The van der Waals surface area contributed by atoms with Gasteiger partial charge in [-0.15, -0.1) is 0 Å². The topological polar surface area (TPSA) is 72.2 Å². The van der Waals surface area contributed by atoms with E-state index in [1.165, 1.54) is 18.2 Å². The lowest BCUT2D eigenvalue weighted by atomic mass is 10.1. The van der Waals surface area contributed by atoms with Crippen molar-refractivity contribution in [3.63, 3.8) is 0 Å². The van der Waals surface area contributed by atoms with Crippen LogP contribution < -0.4 is 5.32 Å². The Hall–Kier alpha value is -3.13. The highest BCUT2D eigenvalue weighted by Gasteiger charge is 2.12. The molecule has 0 fully saturated rings. The quantitative estimate of drug-likeness (QED) is 0.527. The first-order valence-electron chi connectivity index (χ1n) is 7.25. The van der Waals surface area contributed by atoms with Crippen LogP contribution in [0.2, 0.25) is 0 Å². The molecule has 23 heavy (non-hydrogen) atoms. The zero-order chi connectivity index (χ0) is 16.7. The number of hydrogen-bond donors (Lipinski definition) is 1. The molecule has 1 amide bonds. The summed E-state index contributed by atoms with van der Waals surface area (Å²) < 4.78 is 0. The predicted octanol–water partition coefficient (Wildman–Crippen LogP) is 4.00. The van der Waals surface area contributed by atoms with Gasteiger partial charge >= 0.3 is 0 Å². The van der Waals surface area contributed by atoms with Crippen molar-refractivity contribution < 1.29 is 9.72 Å². The lowest BCUT2D eigenvalue weighted by Gasteiger charge is -2.07. The Labute approximate surface area is 134 Å². The van der Waals surface area contributed by atoms with Gasteiger partial charge in [0.25, 0.3) is 11.6 Å². The van der Waals surface area contributed by atoms with E-state index in [4.69, 9.17) is 0 Å². The maximum Gasteiger partial charge on any atom is 0.270 e. The summed E-state index contributed by atoms with van der Waals surface area (Å²) in [6, 6.07) is 13.0. The number of non-ortho nitro benzene ring substituents is 1. The van der Waals surface area contributed by atoms with Crippen LogP contribution in [-0.4, -0.2) is 10.8 Å². The molecule has 2 aromatic rings. The molecule has 0 spiro atoms. The molecule has 0 radical (unpaired) electrons. The summed E-state index contributed by atoms with van der Waals surface area (Å²) in [4.78, 5) is 22.7. The Balaban J connectivity index is 2.32. The molecule has 0 saturated heterocycles.